The number of hydrogen-bond acceptors (Lipinski definition) is 2. The second-order valence-electron chi connectivity index (χ2n) is 4.39. The molecule has 4 rings (SSSR count). The molecule has 2 aliphatic rings. The molecule has 2 aliphatic heterocycles. The second kappa shape index (κ2) is 2.86. The fourth-order valence-electron chi connectivity index (χ4n) is 2.96. The summed E-state index contributed by atoms with van der Waals surface area (Å²) >= 11 is 7.53. The molecule has 0 radical (unpaired) electrons. The van der Waals surface area contributed by atoms with E-state index >= 15 is 0 Å². The lowest BCUT2D eigenvalue weighted by Gasteiger charge is -2.36. The zero-order valence-electron chi connectivity index (χ0n) is 8.05. The van der Waals surface area contributed by atoms with Gasteiger partial charge in [-0.05, 0) is 49.8 Å². The fourth-order valence-corrected chi connectivity index (χ4v) is 11.9. The summed E-state index contributed by atoms with van der Waals surface area (Å²) in [6.45, 7) is 0. The van der Waals surface area contributed by atoms with Crippen molar-refractivity contribution in [2.45, 2.75) is 18.5 Å². The summed E-state index contributed by atoms with van der Waals surface area (Å²) in [6.07, 6.45) is 1.45. The zero-order valence-corrected chi connectivity index (χ0v) is 12.3. The molecule has 0 nitrogen and oxygen atoms in total. The van der Waals surface area contributed by atoms with Crippen molar-refractivity contribution in [2.75, 3.05) is 0 Å². The molecule has 2 aromatic rings. The molecule has 0 unspecified atom stereocenters. The molecule has 0 aliphatic carbocycles. The van der Waals surface area contributed by atoms with E-state index < -0.39 is 8.07 Å². The van der Waals surface area contributed by atoms with Crippen molar-refractivity contribution in [1.29, 1.82) is 0 Å². The van der Waals surface area contributed by atoms with Crippen LogP contribution >= 0.6 is 38.6 Å². The van der Waals surface area contributed by atoms with E-state index in [0.717, 1.165) is 0 Å². The number of hydrogen-bond donors (Lipinski definition) is 0. The second-order valence-corrected chi connectivity index (χ2v) is 12.0. The lowest BCUT2D eigenvalue weighted by Crippen LogP contribution is -2.59. The third-order valence-corrected chi connectivity index (χ3v) is 12.2. The van der Waals surface area contributed by atoms with E-state index in [9.17, 15) is 0 Å². The van der Waals surface area contributed by atoms with Gasteiger partial charge in [0.25, 0.3) is 0 Å². The standard InChI is InChI=1S/C11H9BrS2Si/c12-9-6-8-11(14-9)10-7(2-3-13-10)15(8)4-1-5-15/h2-3,6H,1,4-5H2. The Morgan fingerprint density at radius 3 is 2.80 bits per heavy atom. The summed E-state index contributed by atoms with van der Waals surface area (Å²) in [4.78, 5) is 3.20. The van der Waals surface area contributed by atoms with Crippen LogP contribution in [0.15, 0.2) is 21.3 Å². The van der Waals surface area contributed by atoms with Crippen molar-refractivity contribution in [3.05, 3.63) is 21.3 Å². The summed E-state index contributed by atoms with van der Waals surface area (Å²) < 4.78 is 1.32. The summed E-state index contributed by atoms with van der Waals surface area (Å²) in [6, 6.07) is 7.81. The SMILES string of the molecule is Brc1cc2c(s1)-c1sccc1[Si]21CCC1. The zero-order chi connectivity index (χ0) is 10.0. The predicted octanol–water partition coefficient (Wildman–Crippen LogP) is 3.52. The van der Waals surface area contributed by atoms with Crippen molar-refractivity contribution in [3.63, 3.8) is 0 Å². The highest BCUT2D eigenvalue weighted by Crippen LogP contribution is 2.46. The lowest BCUT2D eigenvalue weighted by molar-refractivity contribution is 0.931. The summed E-state index contributed by atoms with van der Waals surface area (Å²) in [5.41, 5.74) is 0. The van der Waals surface area contributed by atoms with Gasteiger partial charge in [-0.15, -0.1) is 22.7 Å². The van der Waals surface area contributed by atoms with E-state index in [1.165, 1.54) is 22.3 Å². The maximum Gasteiger partial charge on any atom is 0.122 e. The van der Waals surface area contributed by atoms with Crippen LogP contribution in [0, 0.1) is 0 Å². The molecule has 0 atom stereocenters. The normalized spacial score (nSPS) is 20.1. The minimum Gasteiger partial charge on any atom is -0.143 e. The molecule has 1 spiro atoms. The maximum absolute atomic E-state index is 3.65. The minimum atomic E-state index is -1.16. The minimum absolute atomic E-state index is 1.16. The van der Waals surface area contributed by atoms with Gasteiger partial charge < -0.3 is 0 Å². The van der Waals surface area contributed by atoms with Gasteiger partial charge in [0.1, 0.15) is 8.07 Å². The van der Waals surface area contributed by atoms with Crippen molar-refractivity contribution < 1.29 is 0 Å². The molecule has 0 bridgehead atoms. The Bertz CT molecular complexity index is 551. The van der Waals surface area contributed by atoms with Crippen molar-refractivity contribution in [3.8, 4) is 9.75 Å². The van der Waals surface area contributed by atoms with Gasteiger partial charge in [0.15, 0.2) is 0 Å². The number of fused-ring (bicyclic) bond motifs is 5. The molecular formula is C11H9BrS2Si. The van der Waals surface area contributed by atoms with Crippen LogP contribution < -0.4 is 10.4 Å². The summed E-state index contributed by atoms with van der Waals surface area (Å²) in [7, 11) is -1.16. The van der Waals surface area contributed by atoms with Gasteiger partial charge in [-0.2, -0.15) is 0 Å². The van der Waals surface area contributed by atoms with Gasteiger partial charge in [0.2, 0.25) is 0 Å². The highest BCUT2D eigenvalue weighted by molar-refractivity contribution is 9.11. The molecule has 1 saturated heterocycles. The van der Waals surface area contributed by atoms with Crippen molar-refractivity contribution >= 4 is 57.1 Å². The highest BCUT2D eigenvalue weighted by Gasteiger charge is 2.51. The number of rotatable bonds is 0. The molecule has 76 valence electrons. The van der Waals surface area contributed by atoms with Crippen molar-refractivity contribution in [1.82, 2.24) is 0 Å². The smallest absolute Gasteiger partial charge is 0.122 e. The Morgan fingerprint density at radius 2 is 2.07 bits per heavy atom. The first-order chi connectivity index (χ1) is 7.31. The van der Waals surface area contributed by atoms with E-state index in [2.05, 4.69) is 33.4 Å². The van der Waals surface area contributed by atoms with E-state index in [-0.39, 0.29) is 0 Å². The Morgan fingerprint density at radius 1 is 1.20 bits per heavy atom. The molecule has 2 aromatic heterocycles. The fraction of sp³-hybridized carbons (Fsp3) is 0.273. The van der Waals surface area contributed by atoms with E-state index in [1.54, 1.807) is 20.1 Å². The van der Waals surface area contributed by atoms with Crippen LogP contribution in [0.3, 0.4) is 0 Å². The molecule has 0 amide bonds. The highest BCUT2D eigenvalue weighted by atomic mass is 79.9. The quantitative estimate of drug-likeness (QED) is 0.653. The van der Waals surface area contributed by atoms with Gasteiger partial charge in [0.05, 0.1) is 3.79 Å². The van der Waals surface area contributed by atoms with Crippen LogP contribution in [0.5, 0.6) is 0 Å². The van der Waals surface area contributed by atoms with Gasteiger partial charge in [-0.3, -0.25) is 0 Å². The first-order valence-corrected chi connectivity index (χ1v) is 10.1. The molecule has 0 saturated carbocycles. The average Bonchev–Trinajstić information content (AvgIpc) is 2.72. The average molecular weight is 313 g/mol. The Kier molecular flexibility index (Phi) is 1.74. The molecule has 1 fully saturated rings. The summed E-state index contributed by atoms with van der Waals surface area (Å²) in [5, 5.41) is 5.79. The third-order valence-electron chi connectivity index (χ3n) is 3.81. The van der Waals surface area contributed by atoms with Crippen molar-refractivity contribution in [2.24, 2.45) is 0 Å². The van der Waals surface area contributed by atoms with Gasteiger partial charge in [-0.1, -0.05) is 12.5 Å². The molecule has 4 heteroatoms. The first kappa shape index (κ1) is 9.16. The molecule has 4 heterocycles. The molecule has 15 heavy (non-hydrogen) atoms. The summed E-state index contributed by atoms with van der Waals surface area (Å²) in [5.74, 6) is 0. The Hall–Kier alpha value is 0.0969. The van der Waals surface area contributed by atoms with Crippen LogP contribution in [-0.4, -0.2) is 8.07 Å². The van der Waals surface area contributed by atoms with Crippen LogP contribution in [0.4, 0.5) is 0 Å². The van der Waals surface area contributed by atoms with Gasteiger partial charge in [0, 0.05) is 9.75 Å². The first-order valence-electron chi connectivity index (χ1n) is 5.19. The third kappa shape index (κ3) is 0.971. The van der Waals surface area contributed by atoms with E-state index in [4.69, 9.17) is 0 Å². The molecule has 0 aromatic carbocycles. The molecule has 0 N–H and O–H groups in total. The Balaban J connectivity index is 2.09. The van der Waals surface area contributed by atoms with Gasteiger partial charge in [-0.25, -0.2) is 0 Å². The van der Waals surface area contributed by atoms with E-state index in [0.29, 0.717) is 0 Å². The topological polar surface area (TPSA) is 0 Å². The number of thiophene rings is 2. The van der Waals surface area contributed by atoms with Gasteiger partial charge >= 0.3 is 0 Å². The molecular weight excluding hydrogens is 304 g/mol. The number of halogens is 1. The monoisotopic (exact) mass is 312 g/mol. The van der Waals surface area contributed by atoms with Crippen LogP contribution in [-0.2, 0) is 0 Å². The lowest BCUT2D eigenvalue weighted by atomic mass is 10.4. The maximum atomic E-state index is 3.65. The van der Waals surface area contributed by atoms with Crippen LogP contribution in [0.2, 0.25) is 12.1 Å². The van der Waals surface area contributed by atoms with Crippen LogP contribution in [0.1, 0.15) is 6.42 Å². The largest absolute Gasteiger partial charge is 0.143 e. The van der Waals surface area contributed by atoms with E-state index in [1.807, 2.05) is 22.7 Å². The predicted molar refractivity (Wildman–Crippen MR) is 74.6 cm³/mol. The van der Waals surface area contributed by atoms with Crippen LogP contribution in [0.25, 0.3) is 9.75 Å². The Labute approximate surface area is 106 Å².